The third-order valence-corrected chi connectivity index (χ3v) is 1.30. The van der Waals surface area contributed by atoms with Crippen LogP contribution < -0.4 is 0 Å². The van der Waals surface area contributed by atoms with Crippen molar-refractivity contribution in [1.82, 2.24) is 0 Å². The summed E-state index contributed by atoms with van der Waals surface area (Å²) in [7, 11) is 0. The molecule has 0 spiro atoms. The van der Waals surface area contributed by atoms with E-state index in [1.807, 2.05) is 6.92 Å². The normalized spacial score (nSPS) is 32.1. The third kappa shape index (κ3) is 2.01. The zero-order valence-electron chi connectivity index (χ0n) is 6.08. The van der Waals surface area contributed by atoms with Crippen molar-refractivity contribution < 1.29 is 14.2 Å². The maximum absolute atomic E-state index is 5.27. The topological polar surface area (TPSA) is 27.7 Å². The lowest BCUT2D eigenvalue weighted by molar-refractivity contribution is -0.0515. The highest BCUT2D eigenvalue weighted by atomic mass is 16.7. The van der Waals surface area contributed by atoms with Crippen LogP contribution in [0.1, 0.15) is 6.92 Å². The van der Waals surface area contributed by atoms with Crippen LogP contribution >= 0.6 is 0 Å². The highest BCUT2D eigenvalue weighted by Crippen LogP contribution is 2.10. The third-order valence-electron chi connectivity index (χ3n) is 1.30. The minimum absolute atomic E-state index is 0.0769. The van der Waals surface area contributed by atoms with Crippen molar-refractivity contribution in [2.75, 3.05) is 13.2 Å². The molecule has 0 saturated carbocycles. The molecule has 10 heavy (non-hydrogen) atoms. The van der Waals surface area contributed by atoms with E-state index in [4.69, 9.17) is 14.2 Å². The van der Waals surface area contributed by atoms with Crippen molar-refractivity contribution in [2.24, 2.45) is 0 Å². The molecule has 0 N–H and O–H groups in total. The zero-order chi connectivity index (χ0) is 7.40. The van der Waals surface area contributed by atoms with Crippen LogP contribution in [0.5, 0.6) is 0 Å². The Hall–Kier alpha value is -0.540. The van der Waals surface area contributed by atoms with Gasteiger partial charge in [-0.15, -0.1) is 0 Å². The predicted octanol–water partition coefficient (Wildman–Crippen LogP) is 0.908. The minimum atomic E-state index is -0.0848. The van der Waals surface area contributed by atoms with E-state index < -0.39 is 0 Å². The Kier molecular flexibility index (Phi) is 2.71. The van der Waals surface area contributed by atoms with E-state index in [2.05, 4.69) is 6.58 Å². The zero-order valence-corrected chi connectivity index (χ0v) is 6.08. The summed E-state index contributed by atoms with van der Waals surface area (Å²) in [5.41, 5.74) is 0. The Morgan fingerprint density at radius 3 is 3.10 bits per heavy atom. The summed E-state index contributed by atoms with van der Waals surface area (Å²) < 4.78 is 15.3. The van der Waals surface area contributed by atoms with Crippen molar-refractivity contribution in [1.29, 1.82) is 0 Å². The van der Waals surface area contributed by atoms with Gasteiger partial charge in [-0.05, 0) is 6.92 Å². The van der Waals surface area contributed by atoms with Crippen molar-refractivity contribution >= 4 is 0 Å². The van der Waals surface area contributed by atoms with Crippen LogP contribution in [0.25, 0.3) is 0 Å². The molecule has 1 fully saturated rings. The van der Waals surface area contributed by atoms with Gasteiger partial charge in [0.05, 0.1) is 12.9 Å². The van der Waals surface area contributed by atoms with Gasteiger partial charge >= 0.3 is 0 Å². The van der Waals surface area contributed by atoms with E-state index in [9.17, 15) is 0 Å². The molecule has 2 atom stereocenters. The molecule has 0 amide bonds. The molecule has 1 rings (SSSR count). The van der Waals surface area contributed by atoms with Crippen LogP contribution in [0, 0.1) is 0 Å². The first kappa shape index (κ1) is 7.57. The second-order valence-corrected chi connectivity index (χ2v) is 2.16. The molecular weight excluding hydrogens is 132 g/mol. The summed E-state index contributed by atoms with van der Waals surface area (Å²) in [5, 5.41) is 0. The molecule has 3 nitrogen and oxygen atoms in total. The van der Waals surface area contributed by atoms with E-state index in [1.165, 1.54) is 6.26 Å². The summed E-state index contributed by atoms with van der Waals surface area (Å²) in [6.45, 7) is 6.45. The molecule has 0 radical (unpaired) electrons. The fourth-order valence-electron chi connectivity index (χ4n) is 0.855. The number of ether oxygens (including phenoxy) is 3. The summed E-state index contributed by atoms with van der Waals surface area (Å²) in [6, 6.07) is 0. The van der Waals surface area contributed by atoms with Crippen LogP contribution in [-0.4, -0.2) is 25.6 Å². The highest BCUT2D eigenvalue weighted by molar-refractivity contribution is 4.63. The molecule has 1 aliphatic rings. The quantitative estimate of drug-likeness (QED) is 0.551. The van der Waals surface area contributed by atoms with Crippen LogP contribution in [-0.2, 0) is 14.2 Å². The first-order valence-electron chi connectivity index (χ1n) is 3.32. The minimum Gasteiger partial charge on any atom is -0.499 e. The molecule has 0 aromatic rings. The molecule has 58 valence electrons. The second-order valence-electron chi connectivity index (χ2n) is 2.16. The monoisotopic (exact) mass is 144 g/mol. The summed E-state index contributed by atoms with van der Waals surface area (Å²) in [4.78, 5) is 0. The summed E-state index contributed by atoms with van der Waals surface area (Å²) >= 11 is 0. The van der Waals surface area contributed by atoms with Gasteiger partial charge in [0, 0.05) is 0 Å². The van der Waals surface area contributed by atoms with Gasteiger partial charge in [-0.3, -0.25) is 0 Å². The number of rotatable bonds is 3. The molecule has 3 heteroatoms. The SMILES string of the molecule is C=COC[C@H]1CO[C@H](C)O1. The van der Waals surface area contributed by atoms with Gasteiger partial charge in [-0.1, -0.05) is 6.58 Å². The lowest BCUT2D eigenvalue weighted by Crippen LogP contribution is -2.16. The standard InChI is InChI=1S/C7H12O3/c1-3-8-4-7-5-9-6(2)10-7/h3,6-7H,1,4-5H2,2H3/t6-,7-/m0/s1. The molecule has 0 unspecified atom stereocenters. The Labute approximate surface area is 60.6 Å². The van der Waals surface area contributed by atoms with Crippen molar-refractivity contribution in [3.05, 3.63) is 12.8 Å². The van der Waals surface area contributed by atoms with Gasteiger partial charge in [0.15, 0.2) is 6.29 Å². The van der Waals surface area contributed by atoms with Crippen LogP contribution in [0.4, 0.5) is 0 Å². The van der Waals surface area contributed by atoms with Crippen molar-refractivity contribution in [3.8, 4) is 0 Å². The van der Waals surface area contributed by atoms with E-state index in [1.54, 1.807) is 0 Å². The average Bonchev–Trinajstić information content (AvgIpc) is 2.31. The van der Waals surface area contributed by atoms with E-state index in [0.717, 1.165) is 0 Å². The Morgan fingerprint density at radius 1 is 1.80 bits per heavy atom. The molecule has 0 aromatic heterocycles. The first-order valence-corrected chi connectivity index (χ1v) is 3.32. The molecule has 0 bridgehead atoms. The van der Waals surface area contributed by atoms with Crippen LogP contribution in [0.15, 0.2) is 12.8 Å². The maximum atomic E-state index is 5.27. The molecular formula is C7H12O3. The predicted molar refractivity (Wildman–Crippen MR) is 36.4 cm³/mol. The van der Waals surface area contributed by atoms with E-state index in [0.29, 0.717) is 13.2 Å². The van der Waals surface area contributed by atoms with Gasteiger partial charge < -0.3 is 14.2 Å². The Balaban J connectivity index is 2.12. The summed E-state index contributed by atoms with van der Waals surface area (Å²) in [5.74, 6) is 0. The molecule has 0 aromatic carbocycles. The van der Waals surface area contributed by atoms with Gasteiger partial charge in [0.2, 0.25) is 0 Å². The lowest BCUT2D eigenvalue weighted by Gasteiger charge is -2.06. The molecule has 1 saturated heterocycles. The van der Waals surface area contributed by atoms with Gasteiger partial charge in [0.25, 0.3) is 0 Å². The van der Waals surface area contributed by atoms with E-state index >= 15 is 0 Å². The smallest absolute Gasteiger partial charge is 0.155 e. The number of hydrogen-bond acceptors (Lipinski definition) is 3. The maximum Gasteiger partial charge on any atom is 0.155 e. The highest BCUT2D eigenvalue weighted by Gasteiger charge is 2.21. The van der Waals surface area contributed by atoms with Crippen LogP contribution in [0.3, 0.4) is 0 Å². The van der Waals surface area contributed by atoms with E-state index in [-0.39, 0.29) is 12.4 Å². The second kappa shape index (κ2) is 3.58. The number of hydrogen-bond donors (Lipinski definition) is 0. The molecule has 1 aliphatic heterocycles. The van der Waals surface area contributed by atoms with Gasteiger partial charge in [0.1, 0.15) is 12.7 Å². The fraction of sp³-hybridized carbons (Fsp3) is 0.714. The van der Waals surface area contributed by atoms with Gasteiger partial charge in [-0.25, -0.2) is 0 Å². The average molecular weight is 144 g/mol. The largest absolute Gasteiger partial charge is 0.499 e. The van der Waals surface area contributed by atoms with Crippen molar-refractivity contribution in [2.45, 2.75) is 19.3 Å². The first-order chi connectivity index (χ1) is 4.83. The molecule has 1 heterocycles. The van der Waals surface area contributed by atoms with Crippen LogP contribution in [0.2, 0.25) is 0 Å². The Bertz CT molecular complexity index is 113. The summed E-state index contributed by atoms with van der Waals surface area (Å²) in [6.07, 6.45) is 1.40. The fourth-order valence-corrected chi connectivity index (χ4v) is 0.855. The molecule has 0 aliphatic carbocycles. The lowest BCUT2D eigenvalue weighted by atomic mass is 10.4. The van der Waals surface area contributed by atoms with Gasteiger partial charge in [-0.2, -0.15) is 0 Å². The Morgan fingerprint density at radius 2 is 2.60 bits per heavy atom. The van der Waals surface area contributed by atoms with Crippen molar-refractivity contribution in [3.63, 3.8) is 0 Å².